The second kappa shape index (κ2) is 2.70. The highest BCUT2D eigenvalue weighted by atomic mass is 19.4. The number of amides is 1. The van der Waals surface area contributed by atoms with E-state index in [0.717, 1.165) is 13.5 Å². The molecule has 0 saturated heterocycles. The summed E-state index contributed by atoms with van der Waals surface area (Å²) in [4.78, 5) is 9.89. The summed E-state index contributed by atoms with van der Waals surface area (Å²) < 4.78 is 33.8. The molecule has 0 bridgehead atoms. The summed E-state index contributed by atoms with van der Waals surface area (Å²) in [7, 11) is 1.01. The number of carbonyl (C=O) groups excluding carboxylic acids is 1. The van der Waals surface area contributed by atoms with Gasteiger partial charge in [-0.15, -0.1) is 0 Å². The third-order valence-corrected chi connectivity index (χ3v) is 0.572. The van der Waals surface area contributed by atoms with Crippen LogP contribution < -0.4 is 0 Å². The SMILES string of the molecule is CN([C]=O)CC(F)(F)F. The average molecular weight is 140 g/mol. The van der Waals surface area contributed by atoms with Gasteiger partial charge in [0.1, 0.15) is 6.54 Å². The summed E-state index contributed by atoms with van der Waals surface area (Å²) in [5.74, 6) is 0. The van der Waals surface area contributed by atoms with Gasteiger partial charge in [-0.1, -0.05) is 0 Å². The molecule has 0 atom stereocenters. The van der Waals surface area contributed by atoms with Gasteiger partial charge in [0.2, 0.25) is 0 Å². The van der Waals surface area contributed by atoms with Crippen molar-refractivity contribution in [2.45, 2.75) is 6.18 Å². The lowest BCUT2D eigenvalue weighted by Gasteiger charge is -2.11. The number of hydrogen-bond acceptors (Lipinski definition) is 1. The Labute approximate surface area is 50.3 Å². The summed E-state index contributed by atoms with van der Waals surface area (Å²) in [5, 5.41) is 0. The maximum absolute atomic E-state index is 11.3. The topological polar surface area (TPSA) is 20.3 Å². The summed E-state index contributed by atoms with van der Waals surface area (Å²) >= 11 is 0. The molecule has 0 rings (SSSR count). The maximum Gasteiger partial charge on any atom is 0.406 e. The first-order valence-electron chi connectivity index (χ1n) is 2.11. The van der Waals surface area contributed by atoms with Gasteiger partial charge in [0.15, 0.2) is 0 Å². The molecule has 53 valence electrons. The Morgan fingerprint density at radius 3 is 2.11 bits per heavy atom. The lowest BCUT2D eigenvalue weighted by molar-refractivity contribution is -0.135. The zero-order chi connectivity index (χ0) is 7.49. The average Bonchev–Trinajstić information content (AvgIpc) is 1.62. The van der Waals surface area contributed by atoms with Gasteiger partial charge < -0.3 is 4.90 Å². The van der Waals surface area contributed by atoms with E-state index >= 15 is 0 Å². The Morgan fingerprint density at radius 2 is 2.00 bits per heavy atom. The number of alkyl halides is 3. The fourth-order valence-electron chi connectivity index (χ4n) is 0.301. The van der Waals surface area contributed by atoms with Crippen LogP contribution in [-0.2, 0) is 4.79 Å². The Balaban J connectivity index is 3.59. The molecule has 1 radical (unpaired) electrons. The van der Waals surface area contributed by atoms with Crippen molar-refractivity contribution in [2.24, 2.45) is 0 Å². The van der Waals surface area contributed by atoms with Crippen LogP contribution in [0.15, 0.2) is 0 Å². The molecule has 0 fully saturated rings. The molecule has 0 heterocycles. The van der Waals surface area contributed by atoms with Gasteiger partial charge in [-0.25, -0.2) is 0 Å². The Kier molecular flexibility index (Phi) is 2.48. The fraction of sp³-hybridized carbons (Fsp3) is 0.750. The molecule has 0 aromatic rings. The number of hydrogen-bond donors (Lipinski definition) is 0. The molecule has 1 amide bonds. The highest BCUT2D eigenvalue weighted by Gasteiger charge is 2.28. The van der Waals surface area contributed by atoms with Crippen molar-refractivity contribution in [1.82, 2.24) is 4.90 Å². The van der Waals surface area contributed by atoms with Crippen molar-refractivity contribution in [3.8, 4) is 0 Å². The van der Waals surface area contributed by atoms with Crippen LogP contribution >= 0.6 is 0 Å². The predicted octanol–water partition coefficient (Wildman–Crippen LogP) is 0.548. The van der Waals surface area contributed by atoms with Crippen LogP contribution in [0.2, 0.25) is 0 Å². The Bertz CT molecular complexity index is 100. The minimum atomic E-state index is -4.31. The van der Waals surface area contributed by atoms with Gasteiger partial charge in [-0.2, -0.15) is 13.2 Å². The molecule has 0 aliphatic heterocycles. The van der Waals surface area contributed by atoms with Crippen LogP contribution in [-0.4, -0.2) is 31.1 Å². The van der Waals surface area contributed by atoms with E-state index in [2.05, 4.69) is 0 Å². The number of nitrogens with zero attached hydrogens (tertiary/aromatic N) is 1. The van der Waals surface area contributed by atoms with Gasteiger partial charge in [0, 0.05) is 7.05 Å². The molecule has 5 heteroatoms. The maximum atomic E-state index is 11.3. The normalized spacial score (nSPS) is 11.1. The molecule has 0 N–H and O–H groups in total. The van der Waals surface area contributed by atoms with Crippen molar-refractivity contribution >= 4 is 6.41 Å². The molecule has 0 saturated carbocycles. The van der Waals surface area contributed by atoms with E-state index in [0.29, 0.717) is 4.90 Å². The summed E-state index contributed by atoms with van der Waals surface area (Å²) in [5.41, 5.74) is 0. The molecule has 0 aromatic carbocycles. The summed E-state index contributed by atoms with van der Waals surface area (Å²) in [6.45, 7) is -1.24. The second-order valence-electron chi connectivity index (χ2n) is 1.56. The number of rotatable bonds is 2. The lowest BCUT2D eigenvalue weighted by Crippen LogP contribution is -2.29. The molecular formula is C4H5F3NO. The van der Waals surface area contributed by atoms with Crippen LogP contribution in [0.5, 0.6) is 0 Å². The first kappa shape index (κ1) is 8.26. The monoisotopic (exact) mass is 140 g/mol. The third-order valence-electron chi connectivity index (χ3n) is 0.572. The molecule has 0 aliphatic carbocycles. The highest BCUT2D eigenvalue weighted by molar-refractivity contribution is 5.47. The van der Waals surface area contributed by atoms with E-state index in [1.54, 1.807) is 0 Å². The highest BCUT2D eigenvalue weighted by Crippen LogP contribution is 2.14. The van der Waals surface area contributed by atoms with E-state index in [1.165, 1.54) is 0 Å². The molecule has 0 unspecified atom stereocenters. The zero-order valence-electron chi connectivity index (χ0n) is 4.70. The van der Waals surface area contributed by atoms with Gasteiger partial charge >= 0.3 is 12.6 Å². The molecular weight excluding hydrogens is 135 g/mol. The van der Waals surface area contributed by atoms with Crippen molar-refractivity contribution < 1.29 is 18.0 Å². The van der Waals surface area contributed by atoms with Crippen LogP contribution in [0.4, 0.5) is 13.2 Å². The van der Waals surface area contributed by atoms with E-state index in [-0.39, 0.29) is 0 Å². The van der Waals surface area contributed by atoms with Crippen molar-refractivity contribution in [3.05, 3.63) is 0 Å². The molecule has 0 spiro atoms. The zero-order valence-corrected chi connectivity index (χ0v) is 4.70. The predicted molar refractivity (Wildman–Crippen MR) is 24.4 cm³/mol. The second-order valence-corrected chi connectivity index (χ2v) is 1.56. The number of halogens is 3. The third kappa shape index (κ3) is 5.13. The smallest absolute Gasteiger partial charge is 0.328 e. The van der Waals surface area contributed by atoms with E-state index in [1.807, 2.05) is 0 Å². The van der Waals surface area contributed by atoms with E-state index in [4.69, 9.17) is 0 Å². The van der Waals surface area contributed by atoms with Crippen molar-refractivity contribution in [3.63, 3.8) is 0 Å². The Morgan fingerprint density at radius 1 is 1.56 bits per heavy atom. The minimum Gasteiger partial charge on any atom is -0.328 e. The molecule has 2 nitrogen and oxygen atoms in total. The van der Waals surface area contributed by atoms with E-state index in [9.17, 15) is 18.0 Å². The lowest BCUT2D eigenvalue weighted by atomic mass is 10.6. The van der Waals surface area contributed by atoms with Gasteiger partial charge in [-0.3, -0.25) is 4.79 Å². The van der Waals surface area contributed by atoms with Crippen molar-refractivity contribution in [1.29, 1.82) is 0 Å². The quantitative estimate of drug-likeness (QED) is 0.513. The van der Waals surface area contributed by atoms with Crippen molar-refractivity contribution in [2.75, 3.05) is 13.6 Å². The van der Waals surface area contributed by atoms with Crippen LogP contribution in [0.3, 0.4) is 0 Å². The molecule has 0 aromatic heterocycles. The van der Waals surface area contributed by atoms with E-state index < -0.39 is 12.7 Å². The summed E-state index contributed by atoms with van der Waals surface area (Å²) in [6.07, 6.45) is -3.23. The van der Waals surface area contributed by atoms with Gasteiger partial charge in [0.05, 0.1) is 0 Å². The first-order chi connectivity index (χ1) is 3.95. The van der Waals surface area contributed by atoms with Gasteiger partial charge in [-0.05, 0) is 0 Å². The fourth-order valence-corrected chi connectivity index (χ4v) is 0.301. The molecule has 9 heavy (non-hydrogen) atoms. The Hall–Kier alpha value is -0.740. The van der Waals surface area contributed by atoms with Gasteiger partial charge in [0.25, 0.3) is 0 Å². The summed E-state index contributed by atoms with van der Waals surface area (Å²) in [6, 6.07) is 0. The minimum absolute atomic E-state index is 0.403. The standard InChI is InChI=1S/C4H5F3NO/c1-8(3-9)2-4(5,6)7/h2H2,1H3. The van der Waals surface area contributed by atoms with Crippen LogP contribution in [0.1, 0.15) is 0 Å². The van der Waals surface area contributed by atoms with Crippen LogP contribution in [0, 0.1) is 0 Å². The first-order valence-corrected chi connectivity index (χ1v) is 2.11. The van der Waals surface area contributed by atoms with Crippen LogP contribution in [0.25, 0.3) is 0 Å². The largest absolute Gasteiger partial charge is 0.406 e. The molecule has 0 aliphatic rings.